The summed E-state index contributed by atoms with van der Waals surface area (Å²) in [6, 6.07) is 16.6. The number of benzene rings is 2. The molecule has 4 N–H and O–H groups in total. The van der Waals surface area contributed by atoms with Crippen molar-refractivity contribution in [2.45, 2.75) is 12.7 Å². The van der Waals surface area contributed by atoms with Crippen molar-refractivity contribution in [2.24, 2.45) is 10.7 Å². The number of nitrogens with two attached hydrogens (primary N) is 1. The SMILES string of the molecule is NC1=NC(c2cc(-c3ccon3)n(Cc3ccccc3F)n2)NC=C1NC(=O)c1ccccc1Cl. The predicted molar refractivity (Wildman–Crippen MR) is 128 cm³/mol. The first-order valence-electron chi connectivity index (χ1n) is 10.6. The van der Waals surface area contributed by atoms with E-state index in [9.17, 15) is 9.18 Å². The van der Waals surface area contributed by atoms with Gasteiger partial charge in [-0.15, -0.1) is 0 Å². The molecule has 0 fully saturated rings. The molecule has 1 aliphatic rings. The van der Waals surface area contributed by atoms with E-state index >= 15 is 0 Å². The monoisotopic (exact) mass is 491 g/mol. The number of amides is 1. The van der Waals surface area contributed by atoms with Crippen LogP contribution < -0.4 is 16.4 Å². The normalized spacial score (nSPS) is 15.2. The van der Waals surface area contributed by atoms with Gasteiger partial charge < -0.3 is 20.9 Å². The van der Waals surface area contributed by atoms with Crippen LogP contribution in [0.25, 0.3) is 11.4 Å². The van der Waals surface area contributed by atoms with Crippen molar-refractivity contribution in [1.29, 1.82) is 0 Å². The Morgan fingerprint density at radius 3 is 2.74 bits per heavy atom. The second-order valence-electron chi connectivity index (χ2n) is 7.66. The van der Waals surface area contributed by atoms with Crippen molar-refractivity contribution in [1.82, 2.24) is 25.6 Å². The molecule has 9 nitrogen and oxygen atoms in total. The summed E-state index contributed by atoms with van der Waals surface area (Å²) in [7, 11) is 0. The highest BCUT2D eigenvalue weighted by molar-refractivity contribution is 6.34. The van der Waals surface area contributed by atoms with E-state index in [4.69, 9.17) is 21.9 Å². The molecule has 1 unspecified atom stereocenters. The molecule has 0 radical (unpaired) electrons. The van der Waals surface area contributed by atoms with Gasteiger partial charge in [0, 0.05) is 17.8 Å². The summed E-state index contributed by atoms with van der Waals surface area (Å²) >= 11 is 6.10. The largest absolute Gasteiger partial charge is 0.382 e. The second kappa shape index (κ2) is 9.43. The lowest BCUT2D eigenvalue weighted by molar-refractivity contribution is 0.0967. The molecule has 0 bridgehead atoms. The van der Waals surface area contributed by atoms with Gasteiger partial charge in [-0.1, -0.05) is 47.1 Å². The highest BCUT2D eigenvalue weighted by Gasteiger charge is 2.23. The van der Waals surface area contributed by atoms with Crippen molar-refractivity contribution >= 4 is 23.3 Å². The van der Waals surface area contributed by atoms with Gasteiger partial charge in [-0.05, 0) is 24.3 Å². The van der Waals surface area contributed by atoms with E-state index in [-0.39, 0.29) is 18.2 Å². The van der Waals surface area contributed by atoms with Gasteiger partial charge in [-0.2, -0.15) is 5.10 Å². The van der Waals surface area contributed by atoms with E-state index in [1.165, 1.54) is 12.3 Å². The quantitative estimate of drug-likeness (QED) is 0.378. The Bertz CT molecular complexity index is 1450. The third-order valence-corrected chi connectivity index (χ3v) is 5.68. The summed E-state index contributed by atoms with van der Waals surface area (Å²) in [6.45, 7) is 0.176. The first kappa shape index (κ1) is 22.4. The molecule has 4 aromatic rings. The number of amidine groups is 1. The molecule has 1 amide bonds. The third-order valence-electron chi connectivity index (χ3n) is 5.35. The van der Waals surface area contributed by atoms with E-state index in [1.54, 1.807) is 65.5 Å². The van der Waals surface area contributed by atoms with Crippen LogP contribution in [0, 0.1) is 5.82 Å². The van der Waals surface area contributed by atoms with Gasteiger partial charge in [0.1, 0.15) is 29.3 Å². The predicted octanol–water partition coefficient (Wildman–Crippen LogP) is 3.61. The smallest absolute Gasteiger partial charge is 0.257 e. The average Bonchev–Trinajstić information content (AvgIpc) is 3.52. The van der Waals surface area contributed by atoms with Crippen LogP contribution in [0.2, 0.25) is 5.02 Å². The molecule has 176 valence electrons. The summed E-state index contributed by atoms with van der Waals surface area (Å²) in [5.41, 5.74) is 8.90. The van der Waals surface area contributed by atoms with Gasteiger partial charge in [0.15, 0.2) is 6.17 Å². The van der Waals surface area contributed by atoms with Gasteiger partial charge in [0.2, 0.25) is 0 Å². The zero-order valence-corrected chi connectivity index (χ0v) is 18.9. The third kappa shape index (κ3) is 4.64. The van der Waals surface area contributed by atoms with E-state index in [2.05, 4.69) is 25.9 Å². The number of aliphatic imine (C=N–C) groups is 1. The van der Waals surface area contributed by atoms with E-state index in [1.807, 2.05) is 0 Å². The number of nitrogens with zero attached hydrogens (tertiary/aromatic N) is 4. The van der Waals surface area contributed by atoms with E-state index < -0.39 is 12.1 Å². The van der Waals surface area contributed by atoms with Crippen LogP contribution in [0.3, 0.4) is 0 Å². The van der Waals surface area contributed by atoms with Gasteiger partial charge >= 0.3 is 0 Å². The van der Waals surface area contributed by atoms with E-state index in [0.717, 1.165) is 0 Å². The lowest BCUT2D eigenvalue weighted by Crippen LogP contribution is -2.37. The minimum Gasteiger partial charge on any atom is -0.382 e. The zero-order valence-electron chi connectivity index (χ0n) is 18.2. The average molecular weight is 492 g/mol. The number of aromatic nitrogens is 3. The summed E-state index contributed by atoms with van der Waals surface area (Å²) in [4.78, 5) is 17.0. The number of carbonyl (C=O) groups excluding carboxylic acids is 1. The summed E-state index contributed by atoms with van der Waals surface area (Å²) < 4.78 is 20.9. The Hall–Kier alpha value is -4.44. The Kier molecular flexibility index (Phi) is 6.02. The number of carbonyl (C=O) groups is 1. The molecule has 2 aromatic heterocycles. The Morgan fingerprint density at radius 1 is 1.20 bits per heavy atom. The molecule has 2 aromatic carbocycles. The molecule has 5 rings (SSSR count). The summed E-state index contributed by atoms with van der Waals surface area (Å²) in [5.74, 6) is -0.640. The van der Waals surface area contributed by atoms with Crippen molar-refractivity contribution in [2.75, 3.05) is 0 Å². The number of nitrogens with one attached hydrogen (secondary N) is 2. The molecule has 3 heterocycles. The Morgan fingerprint density at radius 2 is 2.00 bits per heavy atom. The van der Waals surface area contributed by atoms with Crippen molar-refractivity contribution < 1.29 is 13.7 Å². The maximum Gasteiger partial charge on any atom is 0.257 e. The van der Waals surface area contributed by atoms with Crippen LogP contribution in [-0.4, -0.2) is 26.7 Å². The fourth-order valence-electron chi connectivity index (χ4n) is 3.60. The topological polar surface area (TPSA) is 123 Å². The summed E-state index contributed by atoms with van der Waals surface area (Å²) in [5, 5.41) is 14.7. The van der Waals surface area contributed by atoms with Crippen LogP contribution in [-0.2, 0) is 6.54 Å². The first-order valence-corrected chi connectivity index (χ1v) is 10.9. The molecule has 0 aliphatic carbocycles. The van der Waals surface area contributed by atoms with Gasteiger partial charge in [0.25, 0.3) is 5.91 Å². The van der Waals surface area contributed by atoms with Crippen molar-refractivity contribution in [3.05, 3.63) is 106 Å². The number of hydrogen-bond acceptors (Lipinski definition) is 7. The number of halogens is 2. The highest BCUT2D eigenvalue weighted by atomic mass is 35.5. The number of rotatable bonds is 6. The molecular formula is C24H19ClFN7O2. The first-order chi connectivity index (χ1) is 17.0. The Balaban J connectivity index is 1.39. The van der Waals surface area contributed by atoms with Crippen LogP contribution in [0.4, 0.5) is 4.39 Å². The molecule has 0 saturated carbocycles. The van der Waals surface area contributed by atoms with Crippen molar-refractivity contribution in [3.8, 4) is 11.4 Å². The van der Waals surface area contributed by atoms with Gasteiger partial charge in [0.05, 0.1) is 28.5 Å². The molecule has 0 spiro atoms. The number of hydrogen-bond donors (Lipinski definition) is 3. The summed E-state index contributed by atoms with van der Waals surface area (Å²) in [6.07, 6.45) is 2.36. The second-order valence-corrected chi connectivity index (χ2v) is 8.07. The van der Waals surface area contributed by atoms with Gasteiger partial charge in [-0.25, -0.2) is 9.38 Å². The van der Waals surface area contributed by atoms with E-state index in [0.29, 0.717) is 38.9 Å². The molecule has 1 atom stereocenters. The van der Waals surface area contributed by atoms with Crippen molar-refractivity contribution in [3.63, 3.8) is 0 Å². The molecule has 35 heavy (non-hydrogen) atoms. The molecule has 0 saturated heterocycles. The van der Waals surface area contributed by atoms with Gasteiger partial charge in [-0.3, -0.25) is 9.48 Å². The maximum atomic E-state index is 14.3. The molecular weight excluding hydrogens is 473 g/mol. The van der Waals surface area contributed by atoms with Crippen LogP contribution in [0.15, 0.2) is 88.3 Å². The zero-order chi connectivity index (χ0) is 24.4. The Labute approximate surface area is 204 Å². The lowest BCUT2D eigenvalue weighted by atomic mass is 10.2. The minimum absolute atomic E-state index is 0.112. The maximum absolute atomic E-state index is 14.3. The fraction of sp³-hybridized carbons (Fsp3) is 0.0833. The minimum atomic E-state index is -0.636. The van der Waals surface area contributed by atoms with Crippen LogP contribution >= 0.6 is 11.6 Å². The van der Waals surface area contributed by atoms with Crippen LogP contribution in [0.1, 0.15) is 27.8 Å². The lowest BCUT2D eigenvalue weighted by Gasteiger charge is -2.20. The fourth-order valence-corrected chi connectivity index (χ4v) is 3.82. The highest BCUT2D eigenvalue weighted by Crippen LogP contribution is 2.26. The standard InChI is InChI=1S/C24H19ClFN7O2/c25-16-7-3-2-6-15(16)24(34)29-20-12-28-23(30-22(20)27)19-11-21(18-9-10-35-32-18)33(31-19)13-14-5-1-4-8-17(14)26/h1-12,23,28H,13H2,(H2,27,30)(H,29,34). The molecule has 1 aliphatic heterocycles. The molecule has 11 heteroatoms. The van der Waals surface area contributed by atoms with Crippen LogP contribution in [0.5, 0.6) is 0 Å².